The van der Waals surface area contributed by atoms with Crippen LogP contribution in [0.4, 0.5) is 8.78 Å². The fraction of sp³-hybridized carbons (Fsp3) is 1.00. The average Bonchev–Trinajstić information content (AvgIpc) is 2.50. The number of alkyl halides is 3. The van der Waals surface area contributed by atoms with Gasteiger partial charge in [0.05, 0.1) is 0 Å². The van der Waals surface area contributed by atoms with Gasteiger partial charge < -0.3 is 0 Å². The lowest BCUT2D eigenvalue weighted by atomic mass is 10.3. The minimum Gasteiger partial charge on any atom is -0.207 e. The lowest BCUT2D eigenvalue weighted by Crippen LogP contribution is -1.96. The molecule has 3 atom stereocenters. The molecule has 0 aliphatic heterocycles. The molecule has 0 bridgehead atoms. The second-order valence-corrected chi connectivity index (χ2v) is 3.55. The maximum atomic E-state index is 12.2. The topological polar surface area (TPSA) is 0 Å². The van der Waals surface area contributed by atoms with Gasteiger partial charge in [0.25, 0.3) is 5.92 Å². The van der Waals surface area contributed by atoms with Crippen LogP contribution in [-0.2, 0) is 0 Å². The quantitative estimate of drug-likeness (QED) is 0.506. The first-order valence-corrected chi connectivity index (χ1v) is 3.57. The molecule has 3 unspecified atom stereocenters. The van der Waals surface area contributed by atoms with E-state index in [1.807, 2.05) is 0 Å². The summed E-state index contributed by atoms with van der Waals surface area (Å²) in [6, 6.07) is 0. The summed E-state index contributed by atoms with van der Waals surface area (Å²) in [4.78, 5) is 0. The third-order valence-corrected chi connectivity index (χ3v) is 2.65. The van der Waals surface area contributed by atoms with E-state index in [0.29, 0.717) is 0 Å². The Balaban J connectivity index is 1.92. The minimum atomic E-state index is -2.35. The predicted octanol–water partition coefficient (Wildman–Crippen LogP) is 2.27. The Morgan fingerprint density at radius 1 is 1.44 bits per heavy atom. The molecule has 2 aliphatic rings. The lowest BCUT2D eigenvalue weighted by molar-refractivity contribution is 0.0944. The summed E-state index contributed by atoms with van der Waals surface area (Å²) < 4.78 is 24.4. The van der Waals surface area contributed by atoms with Gasteiger partial charge in [-0.2, -0.15) is 0 Å². The van der Waals surface area contributed by atoms with Gasteiger partial charge in [-0.15, -0.1) is 11.6 Å². The fourth-order valence-electron chi connectivity index (χ4n) is 1.30. The van der Waals surface area contributed by atoms with E-state index in [1.54, 1.807) is 0 Å². The molecular formula is C6H7ClF2. The molecule has 2 fully saturated rings. The van der Waals surface area contributed by atoms with Gasteiger partial charge in [-0.05, 0) is 12.3 Å². The van der Waals surface area contributed by atoms with Crippen LogP contribution in [0.25, 0.3) is 0 Å². The summed E-state index contributed by atoms with van der Waals surface area (Å²) in [5, 5.41) is 0.0587. The highest BCUT2D eigenvalue weighted by molar-refractivity contribution is 6.22. The maximum Gasteiger partial charge on any atom is 0.251 e. The van der Waals surface area contributed by atoms with Crippen molar-refractivity contribution in [2.75, 3.05) is 0 Å². The van der Waals surface area contributed by atoms with Crippen molar-refractivity contribution in [2.24, 2.45) is 11.8 Å². The molecular weight excluding hydrogens is 146 g/mol. The zero-order valence-corrected chi connectivity index (χ0v) is 5.54. The molecule has 0 N–H and O–H groups in total. The Labute approximate surface area is 57.2 Å². The first-order chi connectivity index (χ1) is 4.11. The molecule has 0 aromatic heterocycles. The van der Waals surface area contributed by atoms with Crippen molar-refractivity contribution >= 4 is 11.6 Å². The Bertz CT molecular complexity index is 146. The summed E-state index contributed by atoms with van der Waals surface area (Å²) in [7, 11) is 0. The van der Waals surface area contributed by atoms with E-state index in [-0.39, 0.29) is 23.6 Å². The Morgan fingerprint density at radius 3 is 2.00 bits per heavy atom. The third-order valence-electron chi connectivity index (χ3n) is 2.15. The van der Waals surface area contributed by atoms with Crippen LogP contribution < -0.4 is 0 Å². The van der Waals surface area contributed by atoms with Crippen LogP contribution in [0, 0.1) is 11.8 Å². The van der Waals surface area contributed by atoms with Crippen molar-refractivity contribution < 1.29 is 8.78 Å². The van der Waals surface area contributed by atoms with Crippen molar-refractivity contribution in [1.82, 2.24) is 0 Å². The molecule has 0 aromatic carbocycles. The third kappa shape index (κ3) is 0.841. The molecule has 0 heterocycles. The maximum absolute atomic E-state index is 12.2. The monoisotopic (exact) mass is 152 g/mol. The number of hydrogen-bond donors (Lipinski definition) is 0. The highest BCUT2D eigenvalue weighted by Crippen LogP contribution is 2.61. The molecule has 0 radical (unpaired) electrons. The fourth-order valence-corrected chi connectivity index (χ4v) is 1.68. The van der Waals surface area contributed by atoms with E-state index in [0.717, 1.165) is 6.42 Å². The predicted molar refractivity (Wildman–Crippen MR) is 30.8 cm³/mol. The zero-order chi connectivity index (χ0) is 6.65. The van der Waals surface area contributed by atoms with E-state index in [4.69, 9.17) is 11.6 Å². The summed E-state index contributed by atoms with van der Waals surface area (Å²) in [5.74, 6) is -2.57. The molecule has 9 heavy (non-hydrogen) atoms. The standard InChI is InChI=1S/C6H7ClF2/c7-5-1-3(5)4-2-6(4,8)9/h3-5H,1-2H2. The van der Waals surface area contributed by atoms with E-state index in [2.05, 4.69) is 0 Å². The summed E-state index contributed by atoms with van der Waals surface area (Å²) >= 11 is 5.58. The van der Waals surface area contributed by atoms with Gasteiger partial charge in [-0.25, -0.2) is 8.78 Å². The molecule has 2 aliphatic carbocycles. The lowest BCUT2D eigenvalue weighted by Gasteiger charge is -1.90. The van der Waals surface area contributed by atoms with E-state index in [1.165, 1.54) is 0 Å². The van der Waals surface area contributed by atoms with Crippen molar-refractivity contribution in [1.29, 1.82) is 0 Å². The Hall–Kier alpha value is 0.150. The van der Waals surface area contributed by atoms with Crippen LogP contribution >= 0.6 is 11.6 Å². The SMILES string of the molecule is FC1(F)CC1C1CC1Cl. The van der Waals surface area contributed by atoms with Gasteiger partial charge in [0.1, 0.15) is 0 Å². The van der Waals surface area contributed by atoms with Gasteiger partial charge >= 0.3 is 0 Å². The zero-order valence-electron chi connectivity index (χ0n) is 4.78. The summed E-state index contributed by atoms with van der Waals surface area (Å²) in [6.07, 6.45) is 0.892. The molecule has 52 valence electrons. The normalized spacial score (nSPS) is 53.0. The molecule has 3 heteroatoms. The molecule has 0 nitrogen and oxygen atoms in total. The number of hydrogen-bond acceptors (Lipinski definition) is 0. The molecule has 2 rings (SSSR count). The van der Waals surface area contributed by atoms with Crippen molar-refractivity contribution in [3.8, 4) is 0 Å². The molecule has 0 saturated heterocycles. The van der Waals surface area contributed by atoms with Crippen LogP contribution in [0.2, 0.25) is 0 Å². The van der Waals surface area contributed by atoms with Crippen LogP contribution in [0.15, 0.2) is 0 Å². The Morgan fingerprint density at radius 2 is 1.89 bits per heavy atom. The van der Waals surface area contributed by atoms with Crippen LogP contribution in [-0.4, -0.2) is 11.3 Å². The highest BCUT2D eigenvalue weighted by Gasteiger charge is 2.65. The average molecular weight is 153 g/mol. The van der Waals surface area contributed by atoms with E-state index >= 15 is 0 Å². The van der Waals surface area contributed by atoms with Gasteiger partial charge in [-0.1, -0.05) is 0 Å². The molecule has 2 saturated carbocycles. The van der Waals surface area contributed by atoms with Crippen molar-refractivity contribution in [3.63, 3.8) is 0 Å². The minimum absolute atomic E-state index is 0.0587. The van der Waals surface area contributed by atoms with E-state index < -0.39 is 5.92 Å². The van der Waals surface area contributed by atoms with Crippen molar-refractivity contribution in [3.05, 3.63) is 0 Å². The summed E-state index contributed by atoms with van der Waals surface area (Å²) in [5.41, 5.74) is 0. The highest BCUT2D eigenvalue weighted by atomic mass is 35.5. The molecule has 0 amide bonds. The van der Waals surface area contributed by atoms with Gasteiger partial charge in [0.15, 0.2) is 0 Å². The van der Waals surface area contributed by atoms with Gasteiger partial charge in [-0.3, -0.25) is 0 Å². The van der Waals surface area contributed by atoms with E-state index in [9.17, 15) is 8.78 Å². The Kier molecular flexibility index (Phi) is 0.929. The molecule has 0 spiro atoms. The summed E-state index contributed by atoms with van der Waals surface area (Å²) in [6.45, 7) is 0. The van der Waals surface area contributed by atoms with Crippen molar-refractivity contribution in [2.45, 2.75) is 24.1 Å². The van der Waals surface area contributed by atoms with Crippen LogP contribution in [0.5, 0.6) is 0 Å². The number of rotatable bonds is 1. The second kappa shape index (κ2) is 1.42. The van der Waals surface area contributed by atoms with Crippen LogP contribution in [0.3, 0.4) is 0 Å². The largest absolute Gasteiger partial charge is 0.251 e. The van der Waals surface area contributed by atoms with Gasteiger partial charge in [0.2, 0.25) is 0 Å². The molecule has 0 aromatic rings. The second-order valence-electron chi connectivity index (χ2n) is 2.99. The van der Waals surface area contributed by atoms with Crippen LogP contribution in [0.1, 0.15) is 12.8 Å². The van der Waals surface area contributed by atoms with Gasteiger partial charge in [0, 0.05) is 17.7 Å². The number of halogens is 3. The first-order valence-electron chi connectivity index (χ1n) is 3.13. The smallest absolute Gasteiger partial charge is 0.207 e. The first kappa shape index (κ1) is 5.90.